The summed E-state index contributed by atoms with van der Waals surface area (Å²) >= 11 is 5.74. The summed E-state index contributed by atoms with van der Waals surface area (Å²) in [6, 6.07) is 0. The summed E-state index contributed by atoms with van der Waals surface area (Å²) in [5, 5.41) is 0.132. The molecule has 0 spiro atoms. The second kappa shape index (κ2) is 4.23. The van der Waals surface area contributed by atoms with Gasteiger partial charge in [0.05, 0.1) is 13.4 Å². The number of methoxy groups -OCH3 is 1. The maximum absolute atomic E-state index is 11.8. The van der Waals surface area contributed by atoms with Crippen LogP contribution in [0.15, 0.2) is 11.1 Å². The van der Waals surface area contributed by atoms with E-state index in [0.717, 1.165) is 6.54 Å². The molecule has 1 saturated carbocycles. The summed E-state index contributed by atoms with van der Waals surface area (Å²) in [6.45, 7) is 0.722. The molecule has 0 radical (unpaired) electrons. The van der Waals surface area contributed by atoms with Crippen LogP contribution >= 0.6 is 11.6 Å². The Morgan fingerprint density at radius 3 is 2.93 bits per heavy atom. The Morgan fingerprint density at radius 1 is 1.67 bits per heavy atom. The van der Waals surface area contributed by atoms with Crippen LogP contribution in [-0.2, 0) is 6.54 Å². The molecule has 5 heteroatoms. The number of nitrogens with zero attached hydrogens (tertiary/aromatic N) is 2. The normalized spacial score (nSPS) is 16.1. The van der Waals surface area contributed by atoms with Gasteiger partial charge in [-0.15, -0.1) is 0 Å². The summed E-state index contributed by atoms with van der Waals surface area (Å²) in [7, 11) is 1.43. The van der Waals surface area contributed by atoms with Gasteiger partial charge in [-0.05, 0) is 18.8 Å². The molecule has 1 aromatic heterocycles. The fraction of sp³-hybridized carbons (Fsp3) is 0.600. The maximum Gasteiger partial charge on any atom is 0.297 e. The molecular weight excluding hydrogens is 216 g/mol. The van der Waals surface area contributed by atoms with E-state index in [1.165, 1.54) is 32.7 Å². The number of hydrogen-bond acceptors (Lipinski definition) is 3. The monoisotopic (exact) mass is 228 g/mol. The van der Waals surface area contributed by atoms with Gasteiger partial charge in [-0.3, -0.25) is 9.36 Å². The minimum Gasteiger partial charge on any atom is -0.489 e. The van der Waals surface area contributed by atoms with Crippen molar-refractivity contribution in [3.8, 4) is 5.75 Å². The highest BCUT2D eigenvalue weighted by Crippen LogP contribution is 2.27. The molecule has 0 unspecified atom stereocenters. The lowest BCUT2D eigenvalue weighted by Crippen LogP contribution is -2.28. The van der Waals surface area contributed by atoms with Gasteiger partial charge < -0.3 is 4.74 Å². The van der Waals surface area contributed by atoms with Gasteiger partial charge in [0.15, 0.2) is 5.15 Å². The number of aromatic nitrogens is 2. The average molecular weight is 229 g/mol. The lowest BCUT2D eigenvalue weighted by atomic mass is 9.85. The Hall–Kier alpha value is -1.03. The van der Waals surface area contributed by atoms with E-state index in [9.17, 15) is 4.79 Å². The summed E-state index contributed by atoms with van der Waals surface area (Å²) in [6.07, 6.45) is 5.14. The first kappa shape index (κ1) is 10.5. The lowest BCUT2D eigenvalue weighted by molar-refractivity contribution is 0.270. The van der Waals surface area contributed by atoms with Gasteiger partial charge in [-0.1, -0.05) is 18.0 Å². The van der Waals surface area contributed by atoms with Crippen LogP contribution in [-0.4, -0.2) is 16.7 Å². The van der Waals surface area contributed by atoms with Gasteiger partial charge in [0.25, 0.3) is 5.56 Å². The SMILES string of the molecule is COc1c(Cl)ncn(CC2CCC2)c1=O. The smallest absolute Gasteiger partial charge is 0.297 e. The van der Waals surface area contributed by atoms with Crippen molar-refractivity contribution >= 4 is 11.6 Å². The van der Waals surface area contributed by atoms with Crippen LogP contribution < -0.4 is 10.3 Å². The molecule has 0 aromatic carbocycles. The average Bonchev–Trinajstić information content (AvgIpc) is 2.15. The Morgan fingerprint density at radius 2 is 2.40 bits per heavy atom. The van der Waals surface area contributed by atoms with Crippen LogP contribution in [0.1, 0.15) is 19.3 Å². The first-order chi connectivity index (χ1) is 7.22. The largest absolute Gasteiger partial charge is 0.489 e. The van der Waals surface area contributed by atoms with Crippen LogP contribution in [0.3, 0.4) is 0 Å². The van der Waals surface area contributed by atoms with Gasteiger partial charge >= 0.3 is 0 Å². The van der Waals surface area contributed by atoms with E-state index in [4.69, 9.17) is 16.3 Å². The number of ether oxygens (including phenoxy) is 1. The van der Waals surface area contributed by atoms with Crippen LogP contribution in [0.5, 0.6) is 5.75 Å². The van der Waals surface area contributed by atoms with E-state index in [0.29, 0.717) is 5.92 Å². The van der Waals surface area contributed by atoms with Crippen molar-refractivity contribution in [3.05, 3.63) is 21.8 Å². The minimum absolute atomic E-state index is 0.132. The topological polar surface area (TPSA) is 44.1 Å². The van der Waals surface area contributed by atoms with Crippen molar-refractivity contribution in [1.29, 1.82) is 0 Å². The molecule has 0 atom stereocenters. The van der Waals surface area contributed by atoms with Crippen molar-refractivity contribution in [1.82, 2.24) is 9.55 Å². The molecule has 2 rings (SSSR count). The molecule has 1 heterocycles. The Balaban J connectivity index is 2.27. The van der Waals surface area contributed by atoms with E-state index < -0.39 is 0 Å². The maximum atomic E-state index is 11.8. The zero-order valence-corrected chi connectivity index (χ0v) is 9.33. The predicted octanol–water partition coefficient (Wildman–Crippen LogP) is 1.71. The second-order valence-electron chi connectivity index (χ2n) is 3.82. The Kier molecular flexibility index (Phi) is 2.95. The molecule has 4 nitrogen and oxygen atoms in total. The van der Waals surface area contributed by atoms with Gasteiger partial charge in [0.2, 0.25) is 5.75 Å². The highest BCUT2D eigenvalue weighted by Gasteiger charge is 2.19. The van der Waals surface area contributed by atoms with Crippen LogP contribution in [0.2, 0.25) is 5.15 Å². The molecule has 1 fully saturated rings. The lowest BCUT2D eigenvalue weighted by Gasteiger charge is -2.25. The Labute approximate surface area is 92.8 Å². The summed E-state index contributed by atoms with van der Waals surface area (Å²) in [5.74, 6) is 0.744. The number of halogens is 1. The summed E-state index contributed by atoms with van der Waals surface area (Å²) in [5.41, 5.74) is -0.190. The minimum atomic E-state index is -0.190. The fourth-order valence-corrected chi connectivity index (χ4v) is 1.91. The molecule has 0 N–H and O–H groups in total. The summed E-state index contributed by atoms with van der Waals surface area (Å²) < 4.78 is 6.50. The summed E-state index contributed by atoms with van der Waals surface area (Å²) in [4.78, 5) is 15.7. The van der Waals surface area contributed by atoms with Crippen molar-refractivity contribution in [3.63, 3.8) is 0 Å². The standard InChI is InChI=1S/C10H13ClN2O2/c1-15-8-9(11)12-6-13(10(8)14)5-7-3-2-4-7/h6-7H,2-5H2,1H3. The predicted molar refractivity (Wildman–Crippen MR) is 57.4 cm³/mol. The van der Waals surface area contributed by atoms with E-state index in [1.54, 1.807) is 4.57 Å². The zero-order valence-electron chi connectivity index (χ0n) is 8.57. The highest BCUT2D eigenvalue weighted by molar-refractivity contribution is 6.30. The molecule has 0 bridgehead atoms. The van der Waals surface area contributed by atoms with E-state index in [2.05, 4.69) is 4.98 Å². The van der Waals surface area contributed by atoms with E-state index >= 15 is 0 Å². The molecule has 1 aliphatic carbocycles. The third-order valence-electron chi connectivity index (χ3n) is 2.84. The number of hydrogen-bond donors (Lipinski definition) is 0. The first-order valence-corrected chi connectivity index (χ1v) is 5.39. The van der Waals surface area contributed by atoms with Gasteiger partial charge in [-0.2, -0.15) is 0 Å². The van der Waals surface area contributed by atoms with Crippen LogP contribution in [0.25, 0.3) is 0 Å². The molecule has 82 valence electrons. The molecule has 15 heavy (non-hydrogen) atoms. The molecule has 1 aromatic rings. The second-order valence-corrected chi connectivity index (χ2v) is 4.18. The number of rotatable bonds is 3. The van der Waals surface area contributed by atoms with E-state index in [1.807, 2.05) is 0 Å². The van der Waals surface area contributed by atoms with Crippen LogP contribution in [0.4, 0.5) is 0 Å². The molecule has 0 amide bonds. The fourth-order valence-electron chi connectivity index (χ4n) is 1.71. The van der Waals surface area contributed by atoms with Crippen LogP contribution in [0, 0.1) is 5.92 Å². The molecular formula is C10H13ClN2O2. The van der Waals surface area contributed by atoms with Crippen molar-refractivity contribution in [2.24, 2.45) is 5.92 Å². The first-order valence-electron chi connectivity index (χ1n) is 5.01. The van der Waals surface area contributed by atoms with Gasteiger partial charge in [-0.25, -0.2) is 4.98 Å². The third-order valence-corrected chi connectivity index (χ3v) is 3.11. The molecule has 0 aliphatic heterocycles. The third kappa shape index (κ3) is 2.00. The van der Waals surface area contributed by atoms with Gasteiger partial charge in [0, 0.05) is 6.54 Å². The van der Waals surface area contributed by atoms with Crippen molar-refractivity contribution in [2.45, 2.75) is 25.8 Å². The molecule has 1 aliphatic rings. The van der Waals surface area contributed by atoms with Gasteiger partial charge in [0.1, 0.15) is 0 Å². The van der Waals surface area contributed by atoms with E-state index in [-0.39, 0.29) is 16.5 Å². The van der Waals surface area contributed by atoms with Crippen molar-refractivity contribution in [2.75, 3.05) is 7.11 Å². The Bertz CT molecular complexity index is 412. The molecule has 0 saturated heterocycles. The highest BCUT2D eigenvalue weighted by atomic mass is 35.5. The zero-order chi connectivity index (χ0) is 10.8. The quantitative estimate of drug-likeness (QED) is 0.740. The van der Waals surface area contributed by atoms with Crippen molar-refractivity contribution < 1.29 is 4.74 Å².